The predicted molar refractivity (Wildman–Crippen MR) is 106 cm³/mol. The van der Waals surface area contributed by atoms with Gasteiger partial charge < -0.3 is 15.6 Å². The first-order valence-corrected chi connectivity index (χ1v) is 9.65. The van der Waals surface area contributed by atoms with E-state index in [1.807, 2.05) is 23.6 Å². The van der Waals surface area contributed by atoms with Gasteiger partial charge in [0, 0.05) is 23.5 Å². The molecule has 3 N–H and O–H groups in total. The molecule has 1 amide bonds. The number of anilines is 2. The van der Waals surface area contributed by atoms with Crippen LogP contribution >= 0.6 is 11.8 Å². The number of benzene rings is 2. The van der Waals surface area contributed by atoms with E-state index in [1.54, 1.807) is 12.1 Å². The average molecular weight is 421 g/mol. The summed E-state index contributed by atoms with van der Waals surface area (Å²) in [4.78, 5) is 12.2. The van der Waals surface area contributed by atoms with E-state index in [-0.39, 0.29) is 11.4 Å². The summed E-state index contributed by atoms with van der Waals surface area (Å²) in [6.07, 6.45) is -4.47. The SMILES string of the molecule is CCn1c(SCC(=O)Nc2cccc(C(F)(F)F)c2)nnc1-c1cccc(N)c1. The second kappa shape index (κ2) is 8.56. The van der Waals surface area contributed by atoms with Crippen LogP contribution in [0.25, 0.3) is 11.4 Å². The zero-order valence-electron chi connectivity index (χ0n) is 15.4. The molecule has 0 atom stereocenters. The first-order valence-electron chi connectivity index (χ1n) is 8.67. The highest BCUT2D eigenvalue weighted by molar-refractivity contribution is 7.99. The Labute approximate surface area is 169 Å². The van der Waals surface area contributed by atoms with E-state index in [0.717, 1.165) is 29.5 Å². The van der Waals surface area contributed by atoms with Gasteiger partial charge in [0.1, 0.15) is 0 Å². The van der Waals surface area contributed by atoms with Crippen molar-refractivity contribution >= 4 is 29.0 Å². The van der Waals surface area contributed by atoms with Crippen LogP contribution in [0.3, 0.4) is 0 Å². The van der Waals surface area contributed by atoms with Crippen molar-refractivity contribution < 1.29 is 18.0 Å². The number of aromatic nitrogens is 3. The minimum Gasteiger partial charge on any atom is -0.399 e. The number of rotatable bonds is 6. The fourth-order valence-corrected chi connectivity index (χ4v) is 3.47. The molecule has 0 radical (unpaired) electrons. The van der Waals surface area contributed by atoms with Gasteiger partial charge in [-0.25, -0.2) is 0 Å². The molecular formula is C19H18F3N5OS. The van der Waals surface area contributed by atoms with Crippen molar-refractivity contribution in [2.45, 2.75) is 24.8 Å². The fourth-order valence-electron chi connectivity index (χ4n) is 2.67. The quantitative estimate of drug-likeness (QED) is 0.458. The Kier molecular flexibility index (Phi) is 6.12. The lowest BCUT2D eigenvalue weighted by Crippen LogP contribution is -2.15. The molecule has 1 heterocycles. The smallest absolute Gasteiger partial charge is 0.399 e. The van der Waals surface area contributed by atoms with E-state index < -0.39 is 17.6 Å². The van der Waals surface area contributed by atoms with Crippen LogP contribution in [0.5, 0.6) is 0 Å². The van der Waals surface area contributed by atoms with Crippen LogP contribution < -0.4 is 11.1 Å². The summed E-state index contributed by atoms with van der Waals surface area (Å²) in [5.74, 6) is 0.164. The number of carbonyl (C=O) groups excluding carboxylic acids is 1. The Balaban J connectivity index is 1.68. The maximum absolute atomic E-state index is 12.8. The van der Waals surface area contributed by atoms with Gasteiger partial charge in [0.25, 0.3) is 0 Å². The maximum atomic E-state index is 12.8. The second-order valence-corrected chi connectivity index (χ2v) is 7.03. The van der Waals surface area contributed by atoms with E-state index in [0.29, 0.717) is 23.2 Å². The summed E-state index contributed by atoms with van der Waals surface area (Å²) in [5.41, 5.74) is 6.49. The van der Waals surface area contributed by atoms with E-state index in [1.165, 1.54) is 12.1 Å². The number of nitrogens with two attached hydrogens (primary N) is 1. The van der Waals surface area contributed by atoms with E-state index >= 15 is 0 Å². The van der Waals surface area contributed by atoms with Crippen molar-refractivity contribution in [3.8, 4) is 11.4 Å². The predicted octanol–water partition coefficient (Wildman–Crippen LogP) is 4.30. The Morgan fingerprint density at radius 2 is 1.93 bits per heavy atom. The van der Waals surface area contributed by atoms with E-state index in [9.17, 15) is 18.0 Å². The van der Waals surface area contributed by atoms with Crippen molar-refractivity contribution in [1.82, 2.24) is 14.8 Å². The van der Waals surface area contributed by atoms with Crippen molar-refractivity contribution in [2.24, 2.45) is 0 Å². The lowest BCUT2D eigenvalue weighted by Gasteiger charge is -2.10. The summed E-state index contributed by atoms with van der Waals surface area (Å²) < 4.78 is 40.2. The summed E-state index contributed by atoms with van der Waals surface area (Å²) >= 11 is 1.15. The molecule has 2 aromatic carbocycles. The number of nitrogens with zero attached hydrogens (tertiary/aromatic N) is 3. The Morgan fingerprint density at radius 1 is 1.17 bits per heavy atom. The van der Waals surface area contributed by atoms with Crippen LogP contribution in [-0.4, -0.2) is 26.4 Å². The van der Waals surface area contributed by atoms with Crippen LogP contribution in [-0.2, 0) is 17.5 Å². The molecule has 152 valence electrons. The number of hydrogen-bond donors (Lipinski definition) is 2. The number of halogens is 3. The molecule has 3 rings (SSSR count). The standard InChI is InChI=1S/C19H18F3N5OS/c1-2-27-17(12-5-3-7-14(23)9-12)25-26-18(27)29-11-16(28)24-15-8-4-6-13(10-15)19(20,21)22/h3-10H,2,11,23H2,1H3,(H,24,28). The number of carbonyl (C=O) groups is 1. The lowest BCUT2D eigenvalue weighted by atomic mass is 10.2. The lowest BCUT2D eigenvalue weighted by molar-refractivity contribution is -0.137. The van der Waals surface area contributed by atoms with Crippen LogP contribution in [0.1, 0.15) is 12.5 Å². The third-order valence-corrected chi connectivity index (χ3v) is 4.95. The van der Waals surface area contributed by atoms with Gasteiger partial charge in [-0.05, 0) is 37.3 Å². The van der Waals surface area contributed by atoms with Crippen molar-refractivity contribution in [1.29, 1.82) is 0 Å². The monoisotopic (exact) mass is 421 g/mol. The molecule has 0 aliphatic rings. The zero-order valence-corrected chi connectivity index (χ0v) is 16.2. The van der Waals surface area contributed by atoms with E-state index in [4.69, 9.17) is 5.73 Å². The number of alkyl halides is 3. The third-order valence-electron chi connectivity index (χ3n) is 3.98. The Morgan fingerprint density at radius 3 is 2.62 bits per heavy atom. The van der Waals surface area contributed by atoms with Crippen LogP contribution in [0.15, 0.2) is 53.7 Å². The Bertz CT molecular complexity index is 1020. The van der Waals surface area contributed by atoms with Gasteiger partial charge >= 0.3 is 6.18 Å². The molecule has 10 heteroatoms. The molecule has 0 spiro atoms. The molecule has 0 fully saturated rings. The van der Waals surface area contributed by atoms with Crippen LogP contribution in [0.2, 0.25) is 0 Å². The highest BCUT2D eigenvalue weighted by Crippen LogP contribution is 2.31. The molecule has 3 aromatic rings. The third kappa shape index (κ3) is 5.08. The fraction of sp³-hybridized carbons (Fsp3) is 0.211. The first kappa shape index (κ1) is 20.7. The van der Waals surface area contributed by atoms with Crippen LogP contribution in [0.4, 0.5) is 24.5 Å². The molecule has 1 aromatic heterocycles. The summed E-state index contributed by atoms with van der Waals surface area (Å²) in [6, 6.07) is 11.7. The molecule has 0 bridgehead atoms. The van der Waals surface area contributed by atoms with Gasteiger partial charge in [-0.3, -0.25) is 4.79 Å². The molecule has 0 saturated heterocycles. The van der Waals surface area contributed by atoms with E-state index in [2.05, 4.69) is 15.5 Å². The summed E-state index contributed by atoms with van der Waals surface area (Å²) in [6.45, 7) is 2.50. The minimum atomic E-state index is -4.47. The molecule has 0 aliphatic carbocycles. The van der Waals surface area contributed by atoms with Gasteiger partial charge in [0.2, 0.25) is 5.91 Å². The normalized spacial score (nSPS) is 11.4. The zero-order chi connectivity index (χ0) is 21.0. The molecule has 6 nitrogen and oxygen atoms in total. The molecular weight excluding hydrogens is 403 g/mol. The molecule has 0 unspecified atom stereocenters. The minimum absolute atomic E-state index is 0.0225. The molecule has 0 saturated carbocycles. The van der Waals surface area contributed by atoms with Gasteiger partial charge in [-0.15, -0.1) is 10.2 Å². The summed E-state index contributed by atoms with van der Waals surface area (Å²) in [7, 11) is 0. The number of hydrogen-bond acceptors (Lipinski definition) is 5. The number of nitrogens with one attached hydrogen (secondary N) is 1. The molecule has 29 heavy (non-hydrogen) atoms. The first-order chi connectivity index (χ1) is 13.8. The highest BCUT2D eigenvalue weighted by Gasteiger charge is 2.30. The average Bonchev–Trinajstić information content (AvgIpc) is 3.09. The Hall–Kier alpha value is -3.01. The number of nitrogen functional groups attached to an aromatic ring is 1. The topological polar surface area (TPSA) is 85.8 Å². The highest BCUT2D eigenvalue weighted by atomic mass is 32.2. The largest absolute Gasteiger partial charge is 0.416 e. The number of amides is 1. The van der Waals surface area contributed by atoms with Crippen molar-refractivity contribution in [3.63, 3.8) is 0 Å². The maximum Gasteiger partial charge on any atom is 0.416 e. The van der Waals surface area contributed by atoms with Gasteiger partial charge in [-0.2, -0.15) is 13.2 Å². The second-order valence-electron chi connectivity index (χ2n) is 6.09. The van der Waals surface area contributed by atoms with Gasteiger partial charge in [0.05, 0.1) is 11.3 Å². The van der Waals surface area contributed by atoms with Crippen molar-refractivity contribution in [3.05, 3.63) is 54.1 Å². The number of thioether (sulfide) groups is 1. The van der Waals surface area contributed by atoms with Gasteiger partial charge in [0.15, 0.2) is 11.0 Å². The summed E-state index contributed by atoms with van der Waals surface area (Å²) in [5, 5.41) is 11.3. The van der Waals surface area contributed by atoms with Crippen LogP contribution in [0, 0.1) is 0 Å². The van der Waals surface area contributed by atoms with Gasteiger partial charge in [-0.1, -0.05) is 30.0 Å². The molecule has 0 aliphatic heterocycles. The van der Waals surface area contributed by atoms with Crippen molar-refractivity contribution in [2.75, 3.05) is 16.8 Å².